The van der Waals surface area contributed by atoms with E-state index >= 15 is 0 Å². The Labute approximate surface area is 153 Å². The van der Waals surface area contributed by atoms with Gasteiger partial charge in [0, 0.05) is 10.6 Å². The molecule has 4 heteroatoms. The number of carbonyl (C=O) groups excluding carboxylic acids is 1. The summed E-state index contributed by atoms with van der Waals surface area (Å²) in [4.78, 5) is 13.4. The van der Waals surface area contributed by atoms with Crippen molar-refractivity contribution in [3.63, 3.8) is 0 Å². The molecular weight excluding hydrogens is 334 g/mol. The lowest BCUT2D eigenvalue weighted by atomic mass is 9.73. The fourth-order valence-electron chi connectivity index (χ4n) is 3.59. The van der Waals surface area contributed by atoms with Crippen molar-refractivity contribution in [1.29, 1.82) is 0 Å². The van der Waals surface area contributed by atoms with E-state index in [0.717, 1.165) is 41.7 Å². The van der Waals surface area contributed by atoms with Crippen LogP contribution in [0.2, 0.25) is 5.02 Å². The van der Waals surface area contributed by atoms with E-state index in [2.05, 4.69) is 5.32 Å². The zero-order valence-electron chi connectivity index (χ0n) is 14.5. The summed E-state index contributed by atoms with van der Waals surface area (Å²) in [5.41, 5.74) is 1.78. The van der Waals surface area contributed by atoms with E-state index in [1.54, 1.807) is 7.11 Å². The number of halogens is 1. The largest absolute Gasteiger partial charge is 0.496 e. The first kappa shape index (κ1) is 17.7. The molecule has 0 aliphatic heterocycles. The first-order valence-electron chi connectivity index (χ1n) is 8.44. The minimum absolute atomic E-state index is 0.0836. The van der Waals surface area contributed by atoms with Crippen molar-refractivity contribution in [1.82, 2.24) is 5.32 Å². The SMILES string of the molecule is CNC1(c2ccccc2Cl)CCC/C(=C\c2ccccc2OC)C1=O. The number of nitrogens with one attached hydrogen (secondary N) is 1. The Hall–Kier alpha value is -2.10. The number of Topliss-reactive ketones (excluding diaryl/α,β-unsaturated/α-hetero) is 1. The van der Waals surface area contributed by atoms with Crippen LogP contribution in [0.4, 0.5) is 0 Å². The van der Waals surface area contributed by atoms with Gasteiger partial charge in [-0.05, 0) is 55.7 Å². The Balaban J connectivity index is 2.06. The molecule has 1 atom stereocenters. The highest BCUT2D eigenvalue weighted by Gasteiger charge is 2.43. The first-order valence-corrected chi connectivity index (χ1v) is 8.82. The predicted octanol–water partition coefficient (Wildman–Crippen LogP) is 4.60. The number of rotatable bonds is 4. The molecule has 1 unspecified atom stereocenters. The fraction of sp³-hybridized carbons (Fsp3) is 0.286. The Bertz CT molecular complexity index is 815. The second kappa shape index (κ2) is 7.42. The van der Waals surface area contributed by atoms with Crippen LogP contribution in [0.5, 0.6) is 5.75 Å². The van der Waals surface area contributed by atoms with Crippen molar-refractivity contribution in [2.75, 3.05) is 14.2 Å². The molecule has 1 aliphatic carbocycles. The number of hydrogen-bond acceptors (Lipinski definition) is 3. The van der Waals surface area contributed by atoms with Gasteiger partial charge in [0.2, 0.25) is 0 Å². The Morgan fingerprint density at radius 2 is 1.88 bits per heavy atom. The monoisotopic (exact) mass is 355 g/mol. The molecule has 1 fully saturated rings. The third kappa shape index (κ3) is 3.22. The summed E-state index contributed by atoms with van der Waals surface area (Å²) < 4.78 is 5.41. The Morgan fingerprint density at radius 3 is 2.60 bits per heavy atom. The van der Waals surface area contributed by atoms with Crippen LogP contribution >= 0.6 is 11.6 Å². The van der Waals surface area contributed by atoms with Gasteiger partial charge in [0.1, 0.15) is 11.3 Å². The van der Waals surface area contributed by atoms with E-state index in [-0.39, 0.29) is 5.78 Å². The van der Waals surface area contributed by atoms with Gasteiger partial charge in [0.05, 0.1) is 7.11 Å². The highest BCUT2D eigenvalue weighted by molar-refractivity contribution is 6.32. The molecule has 0 heterocycles. The summed E-state index contributed by atoms with van der Waals surface area (Å²) >= 11 is 6.42. The molecule has 2 aromatic carbocycles. The van der Waals surface area contributed by atoms with Gasteiger partial charge in [-0.25, -0.2) is 0 Å². The van der Waals surface area contributed by atoms with Crippen molar-refractivity contribution in [2.45, 2.75) is 24.8 Å². The minimum Gasteiger partial charge on any atom is -0.496 e. The number of likely N-dealkylation sites (N-methyl/N-ethyl adjacent to an activating group) is 1. The van der Waals surface area contributed by atoms with Crippen LogP contribution < -0.4 is 10.1 Å². The lowest BCUT2D eigenvalue weighted by molar-refractivity contribution is -0.123. The van der Waals surface area contributed by atoms with Crippen molar-refractivity contribution < 1.29 is 9.53 Å². The molecule has 1 saturated carbocycles. The molecule has 0 spiro atoms. The maximum Gasteiger partial charge on any atom is 0.183 e. The van der Waals surface area contributed by atoms with Crippen LogP contribution in [0.1, 0.15) is 30.4 Å². The number of methoxy groups -OCH3 is 1. The molecule has 1 aliphatic rings. The van der Waals surface area contributed by atoms with Crippen LogP contribution in [-0.2, 0) is 10.3 Å². The second-order valence-corrected chi connectivity index (χ2v) is 6.64. The highest BCUT2D eigenvalue weighted by atomic mass is 35.5. The van der Waals surface area contributed by atoms with Gasteiger partial charge in [-0.3, -0.25) is 4.79 Å². The third-order valence-electron chi connectivity index (χ3n) is 4.91. The van der Waals surface area contributed by atoms with Crippen LogP contribution in [-0.4, -0.2) is 19.9 Å². The topological polar surface area (TPSA) is 38.3 Å². The van der Waals surface area contributed by atoms with Gasteiger partial charge in [0.25, 0.3) is 0 Å². The summed E-state index contributed by atoms with van der Waals surface area (Å²) in [7, 11) is 3.47. The molecule has 0 aromatic heterocycles. The van der Waals surface area contributed by atoms with Gasteiger partial charge < -0.3 is 10.1 Å². The number of carbonyl (C=O) groups is 1. The number of ether oxygens (including phenoxy) is 1. The quantitative estimate of drug-likeness (QED) is 0.814. The van der Waals surface area contributed by atoms with Gasteiger partial charge in [0.15, 0.2) is 5.78 Å². The maximum atomic E-state index is 13.4. The second-order valence-electron chi connectivity index (χ2n) is 6.23. The number of ketones is 1. The summed E-state index contributed by atoms with van der Waals surface area (Å²) in [5.74, 6) is 0.849. The highest BCUT2D eigenvalue weighted by Crippen LogP contribution is 2.40. The van der Waals surface area contributed by atoms with E-state index in [4.69, 9.17) is 16.3 Å². The summed E-state index contributed by atoms with van der Waals surface area (Å²) in [6.07, 6.45) is 4.35. The summed E-state index contributed by atoms with van der Waals surface area (Å²) in [6.45, 7) is 0. The van der Waals surface area contributed by atoms with Gasteiger partial charge in [-0.2, -0.15) is 0 Å². The van der Waals surface area contributed by atoms with Crippen LogP contribution in [0.15, 0.2) is 54.1 Å². The fourth-order valence-corrected chi connectivity index (χ4v) is 3.89. The van der Waals surface area contributed by atoms with E-state index in [0.29, 0.717) is 5.02 Å². The van der Waals surface area contributed by atoms with Crippen LogP contribution in [0, 0.1) is 0 Å². The average molecular weight is 356 g/mol. The van der Waals surface area contributed by atoms with Gasteiger partial charge >= 0.3 is 0 Å². The molecular formula is C21H22ClNO2. The lowest BCUT2D eigenvalue weighted by Crippen LogP contribution is -2.50. The van der Waals surface area contributed by atoms with Crippen molar-refractivity contribution in [2.24, 2.45) is 0 Å². The average Bonchev–Trinajstić information content (AvgIpc) is 2.65. The molecule has 130 valence electrons. The van der Waals surface area contributed by atoms with E-state index in [1.807, 2.05) is 61.7 Å². The Kier molecular flexibility index (Phi) is 5.26. The summed E-state index contributed by atoms with van der Waals surface area (Å²) in [6, 6.07) is 15.3. The Morgan fingerprint density at radius 1 is 1.16 bits per heavy atom. The molecule has 3 nitrogen and oxygen atoms in total. The number of benzene rings is 2. The van der Waals surface area contributed by atoms with Crippen LogP contribution in [0.3, 0.4) is 0 Å². The van der Waals surface area contributed by atoms with Gasteiger partial charge in [-0.1, -0.05) is 48.0 Å². The van der Waals surface area contributed by atoms with Gasteiger partial charge in [-0.15, -0.1) is 0 Å². The molecule has 1 N–H and O–H groups in total. The van der Waals surface area contributed by atoms with Crippen molar-refractivity contribution in [3.8, 4) is 5.75 Å². The maximum absolute atomic E-state index is 13.4. The predicted molar refractivity (Wildman–Crippen MR) is 102 cm³/mol. The smallest absolute Gasteiger partial charge is 0.183 e. The molecule has 2 aromatic rings. The van der Waals surface area contributed by atoms with E-state index < -0.39 is 5.54 Å². The van der Waals surface area contributed by atoms with Crippen molar-refractivity contribution >= 4 is 23.5 Å². The zero-order valence-corrected chi connectivity index (χ0v) is 15.3. The first-order chi connectivity index (χ1) is 12.1. The van der Waals surface area contributed by atoms with Crippen molar-refractivity contribution in [3.05, 3.63) is 70.3 Å². The standard InChI is InChI=1S/C21H22ClNO2/c1-23-21(17-10-4-5-11-18(17)22)13-7-9-16(20(21)24)14-15-8-3-6-12-19(15)25-2/h3-6,8,10-12,14,23H,7,9,13H2,1-2H3/b16-14+. The zero-order chi connectivity index (χ0) is 17.9. The molecule has 25 heavy (non-hydrogen) atoms. The number of hydrogen-bond donors (Lipinski definition) is 1. The molecule has 0 amide bonds. The lowest BCUT2D eigenvalue weighted by Gasteiger charge is -2.37. The normalized spacial score (nSPS) is 22.2. The minimum atomic E-state index is -0.773. The molecule has 0 bridgehead atoms. The molecule has 3 rings (SSSR count). The van der Waals surface area contributed by atoms with Crippen LogP contribution in [0.25, 0.3) is 6.08 Å². The van der Waals surface area contributed by atoms with E-state index in [9.17, 15) is 4.79 Å². The summed E-state index contributed by atoms with van der Waals surface area (Å²) in [5, 5.41) is 3.88. The third-order valence-corrected chi connectivity index (χ3v) is 5.24. The van der Waals surface area contributed by atoms with E-state index in [1.165, 1.54) is 0 Å². The number of para-hydroxylation sites is 1. The molecule has 0 saturated heterocycles. The molecule has 0 radical (unpaired) electrons.